The highest BCUT2D eigenvalue weighted by atomic mass is 16.5. The Kier molecular flexibility index (Phi) is 75.3. The lowest BCUT2D eigenvalue weighted by molar-refractivity contribution is -0.143. The van der Waals surface area contributed by atoms with Crippen LogP contribution in [0.3, 0.4) is 0 Å². The van der Waals surface area contributed by atoms with Crippen molar-refractivity contribution >= 4 is 11.9 Å². The number of carbonyl (C=O) groups excluding carboxylic acids is 2. The molecule has 0 radical (unpaired) electrons. The Morgan fingerprint density at radius 2 is 0.552 bits per heavy atom. The maximum Gasteiger partial charge on any atom is 0.305 e. The van der Waals surface area contributed by atoms with Gasteiger partial charge in [-0.05, 0) is 51.4 Å². The van der Waals surface area contributed by atoms with Crippen molar-refractivity contribution in [3.8, 4) is 0 Å². The zero-order valence-corrected chi connectivity index (χ0v) is 59.3. The number of allylic oxidation sites excluding steroid dienone is 3. The highest BCUT2D eigenvalue weighted by Crippen LogP contribution is 2.20. The quantitative estimate of drug-likeness (QED) is 0.0320. The maximum atomic E-state index is 12.5. The summed E-state index contributed by atoms with van der Waals surface area (Å²) in [4.78, 5) is 24.6. The standard InChI is InChI=1S/C81H157NO5/c1-3-5-7-9-11-13-15-16-17-18-19-20-38-41-44-47-50-54-57-61-65-69-73-79(84)78(77-83)82-80(85)74-70-66-62-58-55-51-48-45-42-39-36-34-32-30-28-26-24-22-21-23-25-27-29-31-33-35-37-40-43-46-49-52-56-60-64-68-72-76-87-81(86)75-71-67-63-59-53-14-12-10-8-6-4-2/h10,12,69,73,78-79,83-84H,3-9,11,13-68,70-72,74-77H2,1-2H3,(H,82,85)/b12-10-,73-69+. The summed E-state index contributed by atoms with van der Waals surface area (Å²) in [6.07, 6.45) is 98.9. The van der Waals surface area contributed by atoms with Crippen molar-refractivity contribution in [2.45, 2.75) is 469 Å². The van der Waals surface area contributed by atoms with Gasteiger partial charge in [-0.15, -0.1) is 0 Å². The molecule has 0 aromatic carbocycles. The Hall–Kier alpha value is -1.66. The van der Waals surface area contributed by atoms with Gasteiger partial charge in [0.15, 0.2) is 0 Å². The van der Waals surface area contributed by atoms with Gasteiger partial charge in [0.05, 0.1) is 25.4 Å². The minimum Gasteiger partial charge on any atom is -0.466 e. The van der Waals surface area contributed by atoms with Gasteiger partial charge in [-0.25, -0.2) is 0 Å². The number of aliphatic hydroxyl groups excluding tert-OH is 2. The van der Waals surface area contributed by atoms with E-state index in [2.05, 4.69) is 31.3 Å². The summed E-state index contributed by atoms with van der Waals surface area (Å²) in [5.41, 5.74) is 0. The van der Waals surface area contributed by atoms with Crippen molar-refractivity contribution in [1.82, 2.24) is 5.32 Å². The van der Waals surface area contributed by atoms with E-state index in [0.29, 0.717) is 19.4 Å². The molecule has 0 saturated carbocycles. The number of carbonyl (C=O) groups is 2. The van der Waals surface area contributed by atoms with Crippen molar-refractivity contribution in [1.29, 1.82) is 0 Å². The Labute approximate surface area is 545 Å². The summed E-state index contributed by atoms with van der Waals surface area (Å²) in [6.45, 7) is 4.92. The largest absolute Gasteiger partial charge is 0.466 e. The van der Waals surface area contributed by atoms with Crippen LogP contribution in [0.25, 0.3) is 0 Å². The minimum atomic E-state index is -0.841. The van der Waals surface area contributed by atoms with Crippen molar-refractivity contribution in [2.75, 3.05) is 13.2 Å². The van der Waals surface area contributed by atoms with E-state index < -0.39 is 12.1 Å². The highest BCUT2D eigenvalue weighted by Gasteiger charge is 2.18. The average molecular weight is 1230 g/mol. The monoisotopic (exact) mass is 1220 g/mol. The Balaban J connectivity index is 3.33. The lowest BCUT2D eigenvalue weighted by Crippen LogP contribution is -2.45. The molecule has 6 heteroatoms. The van der Waals surface area contributed by atoms with Crippen molar-refractivity contribution in [2.24, 2.45) is 0 Å². The fourth-order valence-electron chi connectivity index (χ4n) is 12.9. The molecule has 0 saturated heterocycles. The third-order valence-electron chi connectivity index (χ3n) is 19.0. The maximum absolute atomic E-state index is 12.5. The second-order valence-corrected chi connectivity index (χ2v) is 27.8. The zero-order valence-electron chi connectivity index (χ0n) is 59.3. The summed E-state index contributed by atoms with van der Waals surface area (Å²) in [5.74, 6) is -0.0443. The van der Waals surface area contributed by atoms with Gasteiger partial charge in [-0.2, -0.15) is 0 Å². The first-order valence-electron chi connectivity index (χ1n) is 40.1. The molecule has 0 aliphatic heterocycles. The topological polar surface area (TPSA) is 95.9 Å². The molecule has 3 N–H and O–H groups in total. The van der Waals surface area contributed by atoms with E-state index in [-0.39, 0.29) is 18.5 Å². The first-order chi connectivity index (χ1) is 43.0. The van der Waals surface area contributed by atoms with Crippen molar-refractivity contribution in [3.63, 3.8) is 0 Å². The molecule has 0 rings (SSSR count). The number of esters is 1. The summed E-state index contributed by atoms with van der Waals surface area (Å²) < 4.78 is 5.48. The molecule has 6 nitrogen and oxygen atoms in total. The molecule has 2 unspecified atom stereocenters. The van der Waals surface area contributed by atoms with Crippen LogP contribution in [0, 0.1) is 0 Å². The predicted molar refractivity (Wildman–Crippen MR) is 384 cm³/mol. The Morgan fingerprint density at radius 3 is 0.851 bits per heavy atom. The molecule has 1 amide bonds. The predicted octanol–water partition coefficient (Wildman–Crippen LogP) is 26.4. The lowest BCUT2D eigenvalue weighted by Gasteiger charge is -2.20. The van der Waals surface area contributed by atoms with Crippen LogP contribution in [0.1, 0.15) is 457 Å². The van der Waals surface area contributed by atoms with E-state index in [1.807, 2.05) is 6.08 Å². The normalized spacial score (nSPS) is 12.6. The van der Waals surface area contributed by atoms with E-state index in [9.17, 15) is 19.8 Å². The molecule has 0 aliphatic rings. The number of aliphatic hydroxyl groups is 2. The fraction of sp³-hybridized carbons (Fsp3) is 0.926. The van der Waals surface area contributed by atoms with Gasteiger partial charge < -0.3 is 20.3 Å². The first-order valence-corrected chi connectivity index (χ1v) is 40.1. The summed E-state index contributed by atoms with van der Waals surface area (Å²) in [5, 5.41) is 23.3. The number of hydrogen-bond donors (Lipinski definition) is 3. The number of hydrogen-bond acceptors (Lipinski definition) is 5. The minimum absolute atomic E-state index is 0.0128. The molecule has 2 atom stereocenters. The van der Waals surface area contributed by atoms with Gasteiger partial charge in [0.1, 0.15) is 0 Å². The van der Waals surface area contributed by atoms with Crippen LogP contribution in [-0.2, 0) is 14.3 Å². The van der Waals surface area contributed by atoms with Gasteiger partial charge in [-0.1, -0.05) is 417 Å². The van der Waals surface area contributed by atoms with Gasteiger partial charge in [0.2, 0.25) is 5.91 Å². The number of ether oxygens (including phenoxy) is 1. The molecule has 0 aromatic rings. The van der Waals surface area contributed by atoms with Crippen LogP contribution in [0.4, 0.5) is 0 Å². The fourth-order valence-corrected chi connectivity index (χ4v) is 12.9. The molecule has 516 valence electrons. The molecule has 0 heterocycles. The van der Waals surface area contributed by atoms with Crippen LogP contribution in [0.15, 0.2) is 24.3 Å². The van der Waals surface area contributed by atoms with Crippen LogP contribution < -0.4 is 5.32 Å². The summed E-state index contributed by atoms with van der Waals surface area (Å²) >= 11 is 0. The van der Waals surface area contributed by atoms with Crippen LogP contribution in [0.2, 0.25) is 0 Å². The smallest absolute Gasteiger partial charge is 0.305 e. The molecule has 0 spiro atoms. The van der Waals surface area contributed by atoms with Crippen molar-refractivity contribution < 1.29 is 24.5 Å². The molecule has 87 heavy (non-hydrogen) atoms. The summed E-state index contributed by atoms with van der Waals surface area (Å²) in [6, 6.07) is -0.624. The highest BCUT2D eigenvalue weighted by molar-refractivity contribution is 5.76. The summed E-state index contributed by atoms with van der Waals surface area (Å²) in [7, 11) is 0. The molecule has 0 fully saturated rings. The van der Waals surface area contributed by atoms with E-state index in [0.717, 1.165) is 44.9 Å². The van der Waals surface area contributed by atoms with Gasteiger partial charge >= 0.3 is 5.97 Å². The number of nitrogens with one attached hydrogen (secondary N) is 1. The van der Waals surface area contributed by atoms with Crippen LogP contribution >= 0.6 is 0 Å². The molecule has 0 aliphatic carbocycles. The number of amides is 1. The van der Waals surface area contributed by atoms with Gasteiger partial charge in [0.25, 0.3) is 0 Å². The van der Waals surface area contributed by atoms with E-state index in [1.165, 1.54) is 385 Å². The SMILES string of the molecule is CCCC/C=C\CCCCCCCC(=O)OCCCCCCCCCCCCCCCCCCCCCCCCCCCCCCCCCCCCCCCC(=O)NC(CO)C(O)/C=C/CCCCCCCCCCCCCCCCCCCCCC. The second-order valence-electron chi connectivity index (χ2n) is 27.8. The van der Waals surface area contributed by atoms with Crippen LogP contribution in [0.5, 0.6) is 0 Å². The first kappa shape index (κ1) is 85.3. The number of rotatable bonds is 76. The van der Waals surface area contributed by atoms with E-state index >= 15 is 0 Å². The van der Waals surface area contributed by atoms with E-state index in [1.54, 1.807) is 6.08 Å². The molecular weight excluding hydrogens is 1070 g/mol. The lowest BCUT2D eigenvalue weighted by atomic mass is 10.0. The third kappa shape index (κ3) is 73.3. The zero-order chi connectivity index (χ0) is 62.8. The number of unbranched alkanes of at least 4 members (excludes halogenated alkanes) is 63. The van der Waals surface area contributed by atoms with Crippen molar-refractivity contribution in [3.05, 3.63) is 24.3 Å². The van der Waals surface area contributed by atoms with E-state index in [4.69, 9.17) is 4.74 Å². The van der Waals surface area contributed by atoms with Crippen LogP contribution in [-0.4, -0.2) is 47.4 Å². The third-order valence-corrected chi connectivity index (χ3v) is 19.0. The van der Waals surface area contributed by atoms with Gasteiger partial charge in [0, 0.05) is 12.8 Å². The molecule has 0 bridgehead atoms. The molecular formula is C81H157NO5. The molecule has 0 aromatic heterocycles. The second kappa shape index (κ2) is 76.8. The average Bonchev–Trinajstić information content (AvgIpc) is 3.53. The van der Waals surface area contributed by atoms with Gasteiger partial charge in [-0.3, -0.25) is 9.59 Å². The Bertz CT molecular complexity index is 1360. The Morgan fingerprint density at radius 1 is 0.310 bits per heavy atom.